The Morgan fingerprint density at radius 2 is 1.96 bits per heavy atom. The highest BCUT2D eigenvalue weighted by molar-refractivity contribution is 6.01. The van der Waals surface area contributed by atoms with Gasteiger partial charge in [-0.15, -0.1) is 0 Å². The molecule has 0 radical (unpaired) electrons. The number of ketones is 1. The number of hydrogen-bond acceptors (Lipinski definition) is 7. The van der Waals surface area contributed by atoms with Crippen LogP contribution in [0.2, 0.25) is 0 Å². The van der Waals surface area contributed by atoms with Gasteiger partial charge >= 0.3 is 11.8 Å². The summed E-state index contributed by atoms with van der Waals surface area (Å²) >= 11 is 0. The molecule has 10 nitrogen and oxygen atoms in total. The van der Waals surface area contributed by atoms with Crippen LogP contribution in [0.3, 0.4) is 0 Å². The molecule has 1 aromatic carbocycles. The molecule has 5 N–H and O–H groups in total. The standard InChI is InChI=1S/C15H15N5O5/c1-8(13(21)9-5-3-2-4-6-9)17-10-7-11(19-15(22)23)18-14(16)12(10)20(24)25/h2-8H,1H3,(H,22,23)(H4,16,17,18,19)/t8-/m0/s1. The fourth-order valence-electron chi connectivity index (χ4n) is 2.18. The van der Waals surface area contributed by atoms with Gasteiger partial charge in [0.2, 0.25) is 5.82 Å². The van der Waals surface area contributed by atoms with E-state index in [9.17, 15) is 19.7 Å². The van der Waals surface area contributed by atoms with Crippen LogP contribution >= 0.6 is 0 Å². The molecular formula is C15H15N5O5. The molecule has 0 spiro atoms. The number of rotatable bonds is 6. The second-order valence-electron chi connectivity index (χ2n) is 5.07. The molecule has 1 amide bonds. The molecule has 0 aliphatic rings. The van der Waals surface area contributed by atoms with E-state index in [0.29, 0.717) is 5.56 Å². The predicted octanol–water partition coefficient (Wildman–Crippen LogP) is 2.35. The minimum absolute atomic E-state index is 0.113. The van der Waals surface area contributed by atoms with Crippen LogP contribution in [0.4, 0.5) is 27.8 Å². The van der Waals surface area contributed by atoms with Crippen molar-refractivity contribution in [3.8, 4) is 0 Å². The van der Waals surface area contributed by atoms with Gasteiger partial charge in [0.1, 0.15) is 11.5 Å². The number of nitrogens with one attached hydrogen (secondary N) is 2. The van der Waals surface area contributed by atoms with E-state index in [-0.39, 0.29) is 17.3 Å². The first-order valence-electron chi connectivity index (χ1n) is 7.10. The Bertz CT molecular complexity index is 825. The molecule has 130 valence electrons. The first-order valence-corrected chi connectivity index (χ1v) is 7.10. The number of nitrogens with two attached hydrogens (primary N) is 1. The zero-order valence-electron chi connectivity index (χ0n) is 13.1. The lowest BCUT2D eigenvalue weighted by Crippen LogP contribution is -2.27. The number of nitro groups is 1. The van der Waals surface area contributed by atoms with Crippen molar-refractivity contribution < 1.29 is 19.6 Å². The summed E-state index contributed by atoms with van der Waals surface area (Å²) in [7, 11) is 0. The number of hydrogen-bond donors (Lipinski definition) is 4. The van der Waals surface area contributed by atoms with Crippen LogP contribution in [-0.2, 0) is 0 Å². The van der Waals surface area contributed by atoms with Crippen molar-refractivity contribution in [3.05, 3.63) is 52.1 Å². The Kier molecular flexibility index (Phi) is 5.12. The fourth-order valence-corrected chi connectivity index (χ4v) is 2.18. The van der Waals surface area contributed by atoms with Gasteiger partial charge < -0.3 is 16.2 Å². The Balaban J connectivity index is 2.36. The zero-order chi connectivity index (χ0) is 18.6. The number of benzene rings is 1. The number of carboxylic acid groups (broad SMARTS) is 1. The van der Waals surface area contributed by atoms with Gasteiger partial charge in [0.25, 0.3) is 0 Å². The van der Waals surface area contributed by atoms with E-state index in [1.165, 1.54) is 6.92 Å². The summed E-state index contributed by atoms with van der Waals surface area (Å²) in [5, 5.41) is 24.6. The van der Waals surface area contributed by atoms with Gasteiger partial charge in [0.05, 0.1) is 11.0 Å². The van der Waals surface area contributed by atoms with Gasteiger partial charge in [0, 0.05) is 11.6 Å². The van der Waals surface area contributed by atoms with Crippen LogP contribution in [0.25, 0.3) is 0 Å². The Morgan fingerprint density at radius 1 is 1.32 bits per heavy atom. The van der Waals surface area contributed by atoms with E-state index < -0.39 is 28.6 Å². The molecule has 1 atom stereocenters. The van der Waals surface area contributed by atoms with Gasteiger partial charge in [-0.1, -0.05) is 30.3 Å². The second kappa shape index (κ2) is 7.25. The van der Waals surface area contributed by atoms with Crippen molar-refractivity contribution in [2.24, 2.45) is 0 Å². The summed E-state index contributed by atoms with van der Waals surface area (Å²) in [6.45, 7) is 1.53. The molecule has 25 heavy (non-hydrogen) atoms. The van der Waals surface area contributed by atoms with Gasteiger partial charge in [-0.2, -0.15) is 0 Å². The van der Waals surface area contributed by atoms with E-state index in [1.54, 1.807) is 30.3 Å². The fraction of sp³-hybridized carbons (Fsp3) is 0.133. The van der Waals surface area contributed by atoms with Crippen LogP contribution in [0.15, 0.2) is 36.4 Å². The van der Waals surface area contributed by atoms with Crippen LogP contribution in [0, 0.1) is 10.1 Å². The van der Waals surface area contributed by atoms with E-state index in [1.807, 2.05) is 5.32 Å². The van der Waals surface area contributed by atoms with Crippen LogP contribution in [0.1, 0.15) is 17.3 Å². The topological polar surface area (TPSA) is 160 Å². The number of aromatic nitrogens is 1. The number of anilines is 3. The molecule has 10 heteroatoms. The van der Waals surface area contributed by atoms with E-state index in [0.717, 1.165) is 6.07 Å². The molecule has 2 rings (SSSR count). The first kappa shape index (κ1) is 17.7. The summed E-state index contributed by atoms with van der Waals surface area (Å²) in [5.41, 5.74) is 5.33. The third-order valence-corrected chi connectivity index (χ3v) is 3.26. The van der Waals surface area contributed by atoms with Gasteiger partial charge in [0.15, 0.2) is 5.78 Å². The van der Waals surface area contributed by atoms with Crippen molar-refractivity contribution in [1.29, 1.82) is 0 Å². The summed E-state index contributed by atoms with van der Waals surface area (Å²) < 4.78 is 0. The third kappa shape index (κ3) is 4.19. The third-order valence-electron chi connectivity index (χ3n) is 3.26. The number of nitrogen functional groups attached to an aromatic ring is 1. The number of nitrogens with zero attached hydrogens (tertiary/aromatic N) is 2. The van der Waals surface area contributed by atoms with Crippen molar-refractivity contribution >= 4 is 34.9 Å². The average molecular weight is 345 g/mol. The highest BCUT2D eigenvalue weighted by Crippen LogP contribution is 2.32. The predicted molar refractivity (Wildman–Crippen MR) is 90.8 cm³/mol. The summed E-state index contributed by atoms with van der Waals surface area (Å²) in [6.07, 6.45) is -1.40. The molecule has 0 aliphatic carbocycles. The Labute approximate surface area is 141 Å². The molecule has 0 saturated heterocycles. The Morgan fingerprint density at radius 3 is 2.52 bits per heavy atom. The largest absolute Gasteiger partial charge is 0.465 e. The minimum Gasteiger partial charge on any atom is -0.465 e. The van der Waals surface area contributed by atoms with Crippen LogP contribution in [-0.4, -0.2) is 32.9 Å². The quantitative estimate of drug-likeness (QED) is 0.352. The van der Waals surface area contributed by atoms with Gasteiger partial charge in [-0.25, -0.2) is 9.78 Å². The minimum atomic E-state index is -1.40. The molecule has 1 aromatic heterocycles. The smallest absolute Gasteiger partial charge is 0.410 e. The molecule has 2 aromatic rings. The maximum absolute atomic E-state index is 12.4. The maximum Gasteiger partial charge on any atom is 0.410 e. The van der Waals surface area contributed by atoms with E-state index in [2.05, 4.69) is 10.3 Å². The summed E-state index contributed by atoms with van der Waals surface area (Å²) in [5.74, 6) is -0.964. The maximum atomic E-state index is 12.4. The van der Waals surface area contributed by atoms with E-state index in [4.69, 9.17) is 10.8 Å². The van der Waals surface area contributed by atoms with Crippen LogP contribution in [0.5, 0.6) is 0 Å². The monoisotopic (exact) mass is 345 g/mol. The van der Waals surface area contributed by atoms with Crippen molar-refractivity contribution in [2.75, 3.05) is 16.4 Å². The van der Waals surface area contributed by atoms with Crippen LogP contribution < -0.4 is 16.4 Å². The second-order valence-corrected chi connectivity index (χ2v) is 5.07. The molecular weight excluding hydrogens is 330 g/mol. The number of pyridine rings is 1. The van der Waals surface area contributed by atoms with Gasteiger partial charge in [-0.05, 0) is 6.92 Å². The average Bonchev–Trinajstić information content (AvgIpc) is 2.53. The highest BCUT2D eigenvalue weighted by atomic mass is 16.6. The lowest BCUT2D eigenvalue weighted by Gasteiger charge is -2.15. The highest BCUT2D eigenvalue weighted by Gasteiger charge is 2.25. The van der Waals surface area contributed by atoms with Crippen molar-refractivity contribution in [2.45, 2.75) is 13.0 Å². The first-order chi connectivity index (χ1) is 11.8. The number of amides is 1. The molecule has 0 unspecified atom stereocenters. The molecule has 1 heterocycles. The van der Waals surface area contributed by atoms with Gasteiger partial charge in [-0.3, -0.25) is 20.2 Å². The number of carbonyl (C=O) groups excluding carboxylic acids is 1. The summed E-state index contributed by atoms with van der Waals surface area (Å²) in [6, 6.07) is 8.68. The zero-order valence-corrected chi connectivity index (χ0v) is 13.1. The summed E-state index contributed by atoms with van der Waals surface area (Å²) in [4.78, 5) is 37.2. The molecule has 0 bridgehead atoms. The Hall–Kier alpha value is -3.69. The van der Waals surface area contributed by atoms with E-state index >= 15 is 0 Å². The SMILES string of the molecule is C[C@H](Nc1cc(NC(=O)O)nc(N)c1[N+](=O)[O-])C(=O)c1ccccc1. The molecule has 0 saturated carbocycles. The molecule has 0 aliphatic heterocycles. The number of Topliss-reactive ketones (excluding diaryl/α,β-unsaturated/α-hetero) is 1. The molecule has 0 fully saturated rings. The number of carbonyl (C=O) groups is 2. The lowest BCUT2D eigenvalue weighted by atomic mass is 10.1. The lowest BCUT2D eigenvalue weighted by molar-refractivity contribution is -0.383. The normalized spacial score (nSPS) is 11.4. The van der Waals surface area contributed by atoms with Crippen molar-refractivity contribution in [1.82, 2.24) is 4.98 Å². The van der Waals surface area contributed by atoms with Crippen molar-refractivity contribution in [3.63, 3.8) is 0 Å².